The summed E-state index contributed by atoms with van der Waals surface area (Å²) < 4.78 is 4.36. The number of amides is 2. The molecule has 0 radical (unpaired) electrons. The highest BCUT2D eigenvalue weighted by atomic mass is 16.5. The van der Waals surface area contributed by atoms with Gasteiger partial charge in [-0.1, -0.05) is 13.8 Å². The smallest absolute Gasteiger partial charge is 0.326 e. The Morgan fingerprint density at radius 1 is 1.17 bits per heavy atom. The van der Waals surface area contributed by atoms with E-state index in [-0.39, 0.29) is 6.04 Å². The van der Waals surface area contributed by atoms with Gasteiger partial charge in [0.05, 0.1) is 13.5 Å². The number of carbonyl (C=O) groups excluding carboxylic acids is 2. The Bertz CT molecular complexity index is 302. The van der Waals surface area contributed by atoms with Gasteiger partial charge < -0.3 is 20.5 Å². The van der Waals surface area contributed by atoms with Crippen molar-refractivity contribution in [3.63, 3.8) is 0 Å². The molecule has 104 valence electrons. The number of carboxylic acids is 1. The summed E-state index contributed by atoms with van der Waals surface area (Å²) in [5, 5.41) is 13.7. The molecule has 0 saturated carbocycles. The predicted octanol–water partition coefficient (Wildman–Crippen LogP) is 0.491. The summed E-state index contributed by atoms with van der Waals surface area (Å²) in [5.74, 6) is -1.97. The van der Waals surface area contributed by atoms with Gasteiger partial charge in [0, 0.05) is 6.04 Å². The van der Waals surface area contributed by atoms with Gasteiger partial charge in [-0.25, -0.2) is 9.59 Å². The van der Waals surface area contributed by atoms with Crippen LogP contribution in [0.5, 0.6) is 0 Å². The third-order valence-corrected chi connectivity index (χ3v) is 2.52. The van der Waals surface area contributed by atoms with Crippen molar-refractivity contribution in [2.45, 2.75) is 45.2 Å². The van der Waals surface area contributed by atoms with Crippen LogP contribution in [0.3, 0.4) is 0 Å². The molecule has 0 saturated heterocycles. The largest absolute Gasteiger partial charge is 0.480 e. The van der Waals surface area contributed by atoms with E-state index in [0.717, 1.165) is 20.0 Å². The summed E-state index contributed by atoms with van der Waals surface area (Å²) >= 11 is 0. The lowest BCUT2D eigenvalue weighted by Gasteiger charge is -2.18. The van der Waals surface area contributed by atoms with Crippen molar-refractivity contribution in [3.05, 3.63) is 0 Å². The van der Waals surface area contributed by atoms with Gasteiger partial charge in [0.25, 0.3) is 0 Å². The van der Waals surface area contributed by atoms with E-state index in [9.17, 15) is 14.4 Å². The van der Waals surface area contributed by atoms with Crippen molar-refractivity contribution in [1.82, 2.24) is 10.6 Å². The van der Waals surface area contributed by atoms with Gasteiger partial charge in [0.15, 0.2) is 0 Å². The van der Waals surface area contributed by atoms with Crippen LogP contribution in [0.25, 0.3) is 0 Å². The molecule has 0 unspecified atom stereocenters. The number of methoxy groups -OCH3 is 1. The SMILES string of the molecule is CCC(CC)NC(=O)N[C@@H](CC(=O)OC)C(=O)O. The summed E-state index contributed by atoms with van der Waals surface area (Å²) in [6.45, 7) is 3.83. The molecule has 7 nitrogen and oxygen atoms in total. The first-order chi connectivity index (χ1) is 8.44. The number of ether oxygens (including phenoxy) is 1. The van der Waals surface area contributed by atoms with E-state index in [1.165, 1.54) is 0 Å². The molecule has 0 aliphatic carbocycles. The number of urea groups is 1. The number of hydrogen-bond acceptors (Lipinski definition) is 4. The lowest BCUT2D eigenvalue weighted by molar-refractivity contribution is -0.147. The molecule has 0 fully saturated rings. The van der Waals surface area contributed by atoms with Crippen molar-refractivity contribution < 1.29 is 24.2 Å². The van der Waals surface area contributed by atoms with E-state index < -0.39 is 30.4 Å². The number of hydrogen-bond donors (Lipinski definition) is 3. The van der Waals surface area contributed by atoms with Crippen molar-refractivity contribution in [2.24, 2.45) is 0 Å². The maximum atomic E-state index is 11.5. The minimum atomic E-state index is -1.29. The fourth-order valence-corrected chi connectivity index (χ4v) is 1.33. The van der Waals surface area contributed by atoms with Gasteiger partial charge in [0.1, 0.15) is 6.04 Å². The summed E-state index contributed by atoms with van der Waals surface area (Å²) in [6, 6.07) is -1.90. The summed E-state index contributed by atoms with van der Waals surface area (Å²) in [5.41, 5.74) is 0. The zero-order valence-electron chi connectivity index (χ0n) is 10.9. The van der Waals surface area contributed by atoms with Crippen LogP contribution in [-0.2, 0) is 14.3 Å². The van der Waals surface area contributed by atoms with Crippen LogP contribution in [0.4, 0.5) is 4.79 Å². The number of nitrogens with one attached hydrogen (secondary N) is 2. The standard InChI is InChI=1S/C11H20N2O5/c1-4-7(5-2)12-11(17)13-8(10(15)16)6-9(14)18-3/h7-8H,4-6H2,1-3H3,(H,15,16)(H2,12,13,17)/t8-/m0/s1. The summed E-state index contributed by atoms with van der Waals surface area (Å²) in [4.78, 5) is 33.4. The van der Waals surface area contributed by atoms with Crippen molar-refractivity contribution >= 4 is 18.0 Å². The highest BCUT2D eigenvalue weighted by molar-refractivity contribution is 5.86. The van der Waals surface area contributed by atoms with Gasteiger partial charge in [-0.05, 0) is 12.8 Å². The van der Waals surface area contributed by atoms with E-state index >= 15 is 0 Å². The Hall–Kier alpha value is -1.79. The molecule has 0 aromatic carbocycles. The Morgan fingerprint density at radius 2 is 1.72 bits per heavy atom. The summed E-state index contributed by atoms with van der Waals surface area (Å²) in [7, 11) is 1.16. The number of carbonyl (C=O) groups is 3. The molecule has 1 atom stereocenters. The van der Waals surface area contributed by atoms with E-state index in [4.69, 9.17) is 5.11 Å². The topological polar surface area (TPSA) is 105 Å². The van der Waals surface area contributed by atoms with Crippen LogP contribution >= 0.6 is 0 Å². The Morgan fingerprint density at radius 3 is 2.11 bits per heavy atom. The second kappa shape index (κ2) is 8.32. The second-order valence-corrected chi connectivity index (χ2v) is 3.80. The molecule has 0 aliphatic heterocycles. The lowest BCUT2D eigenvalue weighted by atomic mass is 10.2. The predicted molar refractivity (Wildman–Crippen MR) is 64.1 cm³/mol. The molecule has 0 aromatic heterocycles. The number of rotatable bonds is 7. The van der Waals surface area contributed by atoms with Crippen molar-refractivity contribution in [3.8, 4) is 0 Å². The third-order valence-electron chi connectivity index (χ3n) is 2.52. The fraction of sp³-hybridized carbons (Fsp3) is 0.727. The van der Waals surface area contributed by atoms with Gasteiger partial charge >= 0.3 is 18.0 Å². The van der Waals surface area contributed by atoms with Gasteiger partial charge in [-0.3, -0.25) is 4.79 Å². The number of aliphatic carboxylic acids is 1. The summed E-state index contributed by atoms with van der Waals surface area (Å²) in [6.07, 6.45) is 1.10. The van der Waals surface area contributed by atoms with E-state index in [1.54, 1.807) is 0 Å². The van der Waals surface area contributed by atoms with E-state index in [0.29, 0.717) is 0 Å². The fourth-order valence-electron chi connectivity index (χ4n) is 1.33. The van der Waals surface area contributed by atoms with Crippen LogP contribution in [0.15, 0.2) is 0 Å². The van der Waals surface area contributed by atoms with Crippen LogP contribution in [0.2, 0.25) is 0 Å². The lowest BCUT2D eigenvalue weighted by Crippen LogP contribution is -2.49. The second-order valence-electron chi connectivity index (χ2n) is 3.80. The zero-order valence-corrected chi connectivity index (χ0v) is 10.9. The maximum Gasteiger partial charge on any atom is 0.326 e. The highest BCUT2D eigenvalue weighted by Crippen LogP contribution is 1.98. The molecule has 0 aliphatic rings. The van der Waals surface area contributed by atoms with Crippen molar-refractivity contribution in [2.75, 3.05) is 7.11 Å². The highest BCUT2D eigenvalue weighted by Gasteiger charge is 2.24. The third kappa shape index (κ3) is 6.07. The minimum Gasteiger partial charge on any atom is -0.480 e. The van der Waals surface area contributed by atoms with Gasteiger partial charge in [-0.15, -0.1) is 0 Å². The Balaban J connectivity index is 4.36. The first kappa shape index (κ1) is 16.2. The van der Waals surface area contributed by atoms with E-state index in [2.05, 4.69) is 15.4 Å². The number of carboxylic acid groups (broad SMARTS) is 1. The minimum absolute atomic E-state index is 0.0161. The van der Waals surface area contributed by atoms with Crippen LogP contribution in [0.1, 0.15) is 33.1 Å². The normalized spacial score (nSPS) is 11.8. The molecule has 0 aromatic rings. The van der Waals surface area contributed by atoms with Crippen LogP contribution < -0.4 is 10.6 Å². The molecule has 7 heteroatoms. The quantitative estimate of drug-likeness (QED) is 0.578. The molecule has 3 N–H and O–H groups in total. The van der Waals surface area contributed by atoms with E-state index in [1.807, 2.05) is 13.8 Å². The molecule has 0 heterocycles. The molecule has 0 bridgehead atoms. The molecule has 18 heavy (non-hydrogen) atoms. The first-order valence-electron chi connectivity index (χ1n) is 5.81. The average molecular weight is 260 g/mol. The van der Waals surface area contributed by atoms with Gasteiger partial charge in [0.2, 0.25) is 0 Å². The van der Waals surface area contributed by atoms with Crippen molar-refractivity contribution in [1.29, 1.82) is 0 Å². The first-order valence-corrected chi connectivity index (χ1v) is 5.81. The Labute approximate surface area is 106 Å². The monoisotopic (exact) mass is 260 g/mol. The molecular formula is C11H20N2O5. The van der Waals surface area contributed by atoms with Crippen LogP contribution in [-0.4, -0.2) is 42.3 Å². The Kier molecular flexibility index (Phi) is 7.50. The number of esters is 1. The molecule has 0 spiro atoms. The average Bonchev–Trinajstić information content (AvgIpc) is 2.34. The maximum absolute atomic E-state index is 11.5. The molecular weight excluding hydrogens is 240 g/mol. The molecule has 0 rings (SSSR count). The van der Waals surface area contributed by atoms with Crippen LogP contribution in [0, 0.1) is 0 Å². The van der Waals surface area contributed by atoms with Gasteiger partial charge in [-0.2, -0.15) is 0 Å². The zero-order chi connectivity index (χ0) is 14.1. The molecule has 2 amide bonds.